The first-order valence-electron chi connectivity index (χ1n) is 9.35. The molecule has 2 heterocycles. The van der Waals surface area contributed by atoms with Crippen molar-refractivity contribution in [2.75, 3.05) is 18.1 Å². The molecular formula is C21H17F2NO6S. The second kappa shape index (κ2) is 8.10. The largest absolute Gasteiger partial charge is 0.484 e. The predicted molar refractivity (Wildman–Crippen MR) is 109 cm³/mol. The van der Waals surface area contributed by atoms with E-state index in [4.69, 9.17) is 9.15 Å². The highest BCUT2D eigenvalue weighted by Crippen LogP contribution is 2.25. The third-order valence-corrected chi connectivity index (χ3v) is 6.62. The molecule has 0 bridgehead atoms. The maximum atomic E-state index is 13.5. The maximum absolute atomic E-state index is 13.5. The van der Waals surface area contributed by atoms with Crippen LogP contribution >= 0.6 is 0 Å². The number of carbonyl (C=O) groups excluding carboxylic acids is 1. The molecule has 1 saturated heterocycles. The summed E-state index contributed by atoms with van der Waals surface area (Å²) in [5.41, 5.74) is -0.551. The van der Waals surface area contributed by atoms with E-state index in [2.05, 4.69) is 5.32 Å². The molecule has 7 nitrogen and oxygen atoms in total. The van der Waals surface area contributed by atoms with Gasteiger partial charge in [0.15, 0.2) is 16.4 Å². The lowest BCUT2D eigenvalue weighted by Gasteiger charge is -2.12. The molecule has 10 heteroatoms. The molecule has 1 aliphatic heterocycles. The van der Waals surface area contributed by atoms with Gasteiger partial charge in [-0.25, -0.2) is 22.0 Å². The van der Waals surface area contributed by atoms with Crippen LogP contribution < -0.4 is 15.7 Å². The van der Waals surface area contributed by atoms with Crippen LogP contribution in [-0.4, -0.2) is 38.5 Å². The molecule has 31 heavy (non-hydrogen) atoms. The smallest absolute Gasteiger partial charge is 0.344 e. The molecule has 2 aromatic carbocycles. The number of hydrogen-bond donors (Lipinski definition) is 1. The van der Waals surface area contributed by atoms with Crippen molar-refractivity contribution in [3.8, 4) is 16.9 Å². The van der Waals surface area contributed by atoms with E-state index in [1.54, 1.807) is 12.1 Å². The Morgan fingerprint density at radius 3 is 2.55 bits per heavy atom. The van der Waals surface area contributed by atoms with Gasteiger partial charge >= 0.3 is 5.63 Å². The number of benzene rings is 2. The predicted octanol–water partition coefficient (Wildman–Crippen LogP) is 2.42. The number of ether oxygens (including phenoxy) is 1. The summed E-state index contributed by atoms with van der Waals surface area (Å²) in [7, 11) is -3.10. The minimum absolute atomic E-state index is 0.00506. The number of amides is 1. The van der Waals surface area contributed by atoms with Crippen LogP contribution in [-0.2, 0) is 14.6 Å². The van der Waals surface area contributed by atoms with Crippen molar-refractivity contribution in [1.29, 1.82) is 0 Å². The molecule has 1 aliphatic rings. The average molecular weight is 449 g/mol. The van der Waals surface area contributed by atoms with Gasteiger partial charge in [-0.3, -0.25) is 4.79 Å². The molecule has 0 saturated carbocycles. The summed E-state index contributed by atoms with van der Waals surface area (Å²) in [6, 6.07) is 8.34. The lowest BCUT2D eigenvalue weighted by Crippen LogP contribution is -2.38. The fourth-order valence-electron chi connectivity index (χ4n) is 3.42. The highest BCUT2D eigenvalue weighted by atomic mass is 32.2. The molecule has 162 valence electrons. The Balaban J connectivity index is 1.48. The molecule has 1 atom stereocenters. The van der Waals surface area contributed by atoms with E-state index in [0.717, 1.165) is 12.1 Å². The normalized spacial score (nSPS) is 17.5. The number of fused-ring (bicyclic) bond motifs is 1. The van der Waals surface area contributed by atoms with E-state index in [9.17, 15) is 26.8 Å². The zero-order valence-electron chi connectivity index (χ0n) is 16.1. The minimum atomic E-state index is -3.10. The van der Waals surface area contributed by atoms with Gasteiger partial charge in [0.05, 0.1) is 17.1 Å². The van der Waals surface area contributed by atoms with E-state index in [1.807, 2.05) is 0 Å². The number of nitrogens with one attached hydrogen (secondary N) is 1. The topological polar surface area (TPSA) is 103 Å². The van der Waals surface area contributed by atoms with Crippen molar-refractivity contribution in [3.63, 3.8) is 0 Å². The summed E-state index contributed by atoms with van der Waals surface area (Å²) < 4.78 is 60.5. The molecule has 3 aromatic rings. The Morgan fingerprint density at radius 1 is 1.13 bits per heavy atom. The van der Waals surface area contributed by atoms with E-state index in [-0.39, 0.29) is 40.6 Å². The number of hydrogen-bond acceptors (Lipinski definition) is 6. The van der Waals surface area contributed by atoms with Crippen molar-refractivity contribution in [2.45, 2.75) is 12.5 Å². The van der Waals surface area contributed by atoms with Crippen molar-refractivity contribution in [2.24, 2.45) is 0 Å². The van der Waals surface area contributed by atoms with Crippen molar-refractivity contribution in [3.05, 3.63) is 64.5 Å². The van der Waals surface area contributed by atoms with Crippen molar-refractivity contribution < 1.29 is 31.1 Å². The van der Waals surface area contributed by atoms with Crippen LogP contribution in [0.25, 0.3) is 22.1 Å². The molecule has 4 rings (SSSR count). The molecular weight excluding hydrogens is 432 g/mol. The number of sulfone groups is 1. The fourth-order valence-corrected chi connectivity index (χ4v) is 5.09. The molecule has 0 radical (unpaired) electrons. The van der Waals surface area contributed by atoms with Gasteiger partial charge in [0, 0.05) is 23.6 Å². The van der Waals surface area contributed by atoms with E-state index in [0.29, 0.717) is 17.9 Å². The summed E-state index contributed by atoms with van der Waals surface area (Å²) in [5, 5.41) is 3.10. The SMILES string of the molecule is O=C(COc1ccc2cc(-c3cc(F)cc(F)c3)c(=O)oc2c1)NC1CCS(=O)(=O)C1. The van der Waals surface area contributed by atoms with Crippen LogP contribution in [0.5, 0.6) is 5.75 Å². The quantitative estimate of drug-likeness (QED) is 0.601. The highest BCUT2D eigenvalue weighted by molar-refractivity contribution is 7.91. The van der Waals surface area contributed by atoms with Crippen LogP contribution in [0.1, 0.15) is 6.42 Å². The van der Waals surface area contributed by atoms with Gasteiger partial charge < -0.3 is 14.5 Å². The van der Waals surface area contributed by atoms with Gasteiger partial charge in [0.2, 0.25) is 0 Å². The maximum Gasteiger partial charge on any atom is 0.344 e. The van der Waals surface area contributed by atoms with E-state index >= 15 is 0 Å². The fraction of sp³-hybridized carbons (Fsp3) is 0.238. The van der Waals surface area contributed by atoms with Gasteiger partial charge in [-0.05, 0) is 42.3 Å². The summed E-state index contributed by atoms with van der Waals surface area (Å²) in [6.45, 7) is -0.340. The Kier molecular flexibility index (Phi) is 5.48. The summed E-state index contributed by atoms with van der Waals surface area (Å²) >= 11 is 0. The Bertz CT molecular complexity index is 1320. The van der Waals surface area contributed by atoms with Gasteiger partial charge in [0.25, 0.3) is 5.91 Å². The summed E-state index contributed by atoms with van der Waals surface area (Å²) in [6.07, 6.45) is 0.368. The first-order chi connectivity index (χ1) is 14.7. The number of halogens is 2. The summed E-state index contributed by atoms with van der Waals surface area (Å²) in [5.74, 6) is -1.87. The number of carbonyl (C=O) groups is 1. The first-order valence-corrected chi connectivity index (χ1v) is 11.2. The molecule has 0 spiro atoms. The third-order valence-electron chi connectivity index (χ3n) is 4.85. The molecule has 1 unspecified atom stereocenters. The zero-order chi connectivity index (χ0) is 22.2. The molecule has 0 aliphatic carbocycles. The van der Waals surface area contributed by atoms with Crippen LogP contribution in [0, 0.1) is 11.6 Å². The first kappa shape index (κ1) is 21.0. The zero-order valence-corrected chi connectivity index (χ0v) is 16.9. The van der Waals surface area contributed by atoms with Gasteiger partial charge in [-0.15, -0.1) is 0 Å². The average Bonchev–Trinajstić information content (AvgIpc) is 3.03. The number of rotatable bonds is 5. The lowest BCUT2D eigenvalue weighted by molar-refractivity contribution is -0.123. The van der Waals surface area contributed by atoms with Crippen molar-refractivity contribution in [1.82, 2.24) is 5.32 Å². The summed E-state index contributed by atoms with van der Waals surface area (Å²) in [4.78, 5) is 24.3. The van der Waals surface area contributed by atoms with Crippen LogP contribution in [0.2, 0.25) is 0 Å². The van der Waals surface area contributed by atoms with E-state index in [1.165, 1.54) is 12.1 Å². The molecule has 1 N–H and O–H groups in total. The van der Waals surface area contributed by atoms with Crippen LogP contribution in [0.15, 0.2) is 51.7 Å². The standard InChI is InChI=1S/C21H17F2NO6S/c22-14-5-13(6-15(23)8-14)18-7-12-1-2-17(9-19(12)30-21(18)26)29-10-20(25)24-16-3-4-31(27,28)11-16/h1-2,5-9,16H,3-4,10-11H2,(H,24,25). The monoisotopic (exact) mass is 449 g/mol. The van der Waals surface area contributed by atoms with Crippen LogP contribution in [0.4, 0.5) is 8.78 Å². The second-order valence-electron chi connectivity index (χ2n) is 7.26. The van der Waals surface area contributed by atoms with Gasteiger partial charge in [-0.2, -0.15) is 0 Å². The van der Waals surface area contributed by atoms with Crippen LogP contribution in [0.3, 0.4) is 0 Å². The minimum Gasteiger partial charge on any atom is -0.484 e. The Labute approximate surface area is 175 Å². The Morgan fingerprint density at radius 2 is 1.87 bits per heavy atom. The third kappa shape index (κ3) is 4.91. The molecule has 1 aromatic heterocycles. The van der Waals surface area contributed by atoms with Crippen molar-refractivity contribution >= 4 is 26.7 Å². The molecule has 1 amide bonds. The van der Waals surface area contributed by atoms with E-state index < -0.39 is 39.0 Å². The highest BCUT2D eigenvalue weighted by Gasteiger charge is 2.28. The Hall–Kier alpha value is -3.27. The van der Waals surface area contributed by atoms with Gasteiger partial charge in [-0.1, -0.05) is 0 Å². The lowest BCUT2D eigenvalue weighted by atomic mass is 10.1. The molecule has 1 fully saturated rings. The second-order valence-corrected chi connectivity index (χ2v) is 9.49. The van der Waals surface area contributed by atoms with Gasteiger partial charge in [0.1, 0.15) is 23.0 Å².